The molecular weight excluding hydrogens is 494 g/mol. The number of hydrogen-bond donors (Lipinski definition) is 2. The van der Waals surface area contributed by atoms with Gasteiger partial charge in [0.05, 0.1) is 17.4 Å². The Morgan fingerprint density at radius 3 is 2.34 bits per heavy atom. The van der Waals surface area contributed by atoms with Gasteiger partial charge in [0, 0.05) is 28.3 Å². The molecule has 6 aliphatic rings. The van der Waals surface area contributed by atoms with Crippen LogP contribution in [-0.4, -0.2) is 17.4 Å². The third-order valence-electron chi connectivity index (χ3n) is 9.69. The van der Waals surface area contributed by atoms with Crippen LogP contribution >= 0.6 is 11.6 Å². The van der Waals surface area contributed by atoms with Crippen molar-refractivity contribution in [2.45, 2.75) is 76.8 Å². The number of fused-ring (bicyclic) bond motifs is 1. The molecule has 4 saturated carbocycles. The summed E-state index contributed by atoms with van der Waals surface area (Å²) in [7, 11) is 0. The SMILES string of the molecule is CC1(C)CC(=O)C2=C(C1)Nc1ccccc1N(C(=O)NC13CC4CC(CC(C4)C1)C3)[C@@H]2c1cccc(Cl)c1. The summed E-state index contributed by atoms with van der Waals surface area (Å²) in [6.07, 6.45) is 8.35. The quantitative estimate of drug-likeness (QED) is 0.420. The lowest BCUT2D eigenvalue weighted by atomic mass is 9.53. The molecule has 198 valence electrons. The Hall–Kier alpha value is -2.79. The van der Waals surface area contributed by atoms with Crippen molar-refractivity contribution in [1.29, 1.82) is 0 Å². The number of Topliss-reactive ketones (excluding diaryl/α,β-unsaturated/α-hetero) is 1. The molecule has 8 rings (SSSR count). The van der Waals surface area contributed by atoms with E-state index in [-0.39, 0.29) is 22.8 Å². The van der Waals surface area contributed by atoms with E-state index in [1.54, 1.807) is 0 Å². The molecule has 0 saturated heterocycles. The van der Waals surface area contributed by atoms with Gasteiger partial charge < -0.3 is 10.6 Å². The first-order chi connectivity index (χ1) is 18.2. The van der Waals surface area contributed by atoms with Gasteiger partial charge in [-0.25, -0.2) is 4.79 Å². The minimum absolute atomic E-state index is 0.0918. The van der Waals surface area contributed by atoms with Crippen LogP contribution < -0.4 is 15.5 Å². The van der Waals surface area contributed by atoms with Gasteiger partial charge in [-0.15, -0.1) is 0 Å². The number of halogens is 1. The second-order valence-corrected chi connectivity index (χ2v) is 13.9. The Morgan fingerprint density at radius 1 is 0.974 bits per heavy atom. The van der Waals surface area contributed by atoms with E-state index in [0.717, 1.165) is 66.1 Å². The summed E-state index contributed by atoms with van der Waals surface area (Å²) in [5.41, 5.74) is 3.80. The number of para-hydroxylation sites is 2. The second-order valence-electron chi connectivity index (χ2n) is 13.4. The predicted octanol–water partition coefficient (Wildman–Crippen LogP) is 7.63. The lowest BCUT2D eigenvalue weighted by Gasteiger charge is -2.57. The molecule has 5 nitrogen and oxygen atoms in total. The van der Waals surface area contributed by atoms with E-state index in [2.05, 4.69) is 24.5 Å². The van der Waals surface area contributed by atoms with Crippen LogP contribution in [0.3, 0.4) is 0 Å². The van der Waals surface area contributed by atoms with Crippen LogP contribution in [0.25, 0.3) is 0 Å². The molecule has 1 aliphatic heterocycles. The summed E-state index contributed by atoms with van der Waals surface area (Å²) in [5.74, 6) is 2.26. The van der Waals surface area contributed by atoms with Crippen molar-refractivity contribution < 1.29 is 9.59 Å². The first kappa shape index (κ1) is 24.3. The minimum atomic E-state index is -0.558. The van der Waals surface area contributed by atoms with Crippen molar-refractivity contribution in [1.82, 2.24) is 5.32 Å². The topological polar surface area (TPSA) is 61.4 Å². The highest BCUT2D eigenvalue weighted by Crippen LogP contribution is 2.56. The molecule has 5 aliphatic carbocycles. The molecule has 6 heteroatoms. The first-order valence-electron chi connectivity index (χ1n) is 14.2. The highest BCUT2D eigenvalue weighted by molar-refractivity contribution is 6.30. The zero-order valence-corrected chi connectivity index (χ0v) is 23.0. The smallest absolute Gasteiger partial charge is 0.323 e. The van der Waals surface area contributed by atoms with Gasteiger partial charge in [-0.2, -0.15) is 0 Å². The van der Waals surface area contributed by atoms with Gasteiger partial charge >= 0.3 is 6.03 Å². The standard InChI is InChI=1S/C32H36ClN3O2/c1-31(2)17-25-28(27(37)18-31)29(22-6-5-7-23(33)13-22)36(26-9-4-3-8-24(26)34-25)30(38)35-32-14-19-10-20(15-32)12-21(11-19)16-32/h3-9,13,19-21,29,34H,10-12,14-18H2,1-2H3,(H,35,38)/t19?,20?,21?,29-,32?/m1/s1. The monoisotopic (exact) mass is 529 g/mol. The molecule has 4 bridgehead atoms. The van der Waals surface area contributed by atoms with Gasteiger partial charge in [0.2, 0.25) is 0 Å². The number of amides is 2. The molecule has 2 amide bonds. The van der Waals surface area contributed by atoms with E-state index < -0.39 is 6.04 Å². The Balaban J connectivity index is 1.37. The van der Waals surface area contributed by atoms with E-state index in [1.165, 1.54) is 19.3 Å². The highest BCUT2D eigenvalue weighted by atomic mass is 35.5. The maximum atomic E-state index is 14.6. The maximum absolute atomic E-state index is 14.6. The summed E-state index contributed by atoms with van der Waals surface area (Å²) >= 11 is 6.50. The fourth-order valence-corrected chi connectivity index (χ4v) is 8.95. The third-order valence-corrected chi connectivity index (χ3v) is 9.93. The Kier molecular flexibility index (Phi) is 5.50. The minimum Gasteiger partial charge on any atom is -0.357 e. The number of ketones is 1. The van der Waals surface area contributed by atoms with E-state index in [0.29, 0.717) is 17.0 Å². The van der Waals surface area contributed by atoms with Crippen molar-refractivity contribution in [3.8, 4) is 0 Å². The van der Waals surface area contributed by atoms with Crippen LogP contribution in [0.4, 0.5) is 16.2 Å². The normalized spacial score (nSPS) is 32.8. The molecular formula is C32H36ClN3O2. The van der Waals surface area contributed by atoms with E-state index in [9.17, 15) is 9.59 Å². The summed E-state index contributed by atoms with van der Waals surface area (Å²) in [6.45, 7) is 4.28. The number of anilines is 2. The van der Waals surface area contributed by atoms with Crippen molar-refractivity contribution in [2.24, 2.45) is 23.2 Å². The Bertz CT molecular complexity index is 1330. The number of carbonyl (C=O) groups excluding carboxylic acids is 2. The third kappa shape index (κ3) is 4.05. The summed E-state index contributed by atoms with van der Waals surface area (Å²) in [4.78, 5) is 30.4. The van der Waals surface area contributed by atoms with E-state index in [4.69, 9.17) is 11.6 Å². The molecule has 1 atom stereocenters. The number of allylic oxidation sites excluding steroid dienone is 1. The number of nitrogens with zero attached hydrogens (tertiary/aromatic N) is 1. The van der Waals surface area contributed by atoms with E-state index in [1.807, 2.05) is 53.4 Å². The number of hydrogen-bond acceptors (Lipinski definition) is 3. The summed E-state index contributed by atoms with van der Waals surface area (Å²) < 4.78 is 0. The van der Waals surface area contributed by atoms with Crippen molar-refractivity contribution >= 4 is 34.8 Å². The first-order valence-corrected chi connectivity index (χ1v) is 14.6. The Labute approximate surface area is 230 Å². The van der Waals surface area contributed by atoms with Gasteiger partial charge in [0.15, 0.2) is 5.78 Å². The van der Waals surface area contributed by atoms with E-state index >= 15 is 0 Å². The molecule has 38 heavy (non-hydrogen) atoms. The van der Waals surface area contributed by atoms with Crippen LogP contribution in [0.2, 0.25) is 5.02 Å². The maximum Gasteiger partial charge on any atom is 0.323 e. The number of nitrogens with one attached hydrogen (secondary N) is 2. The van der Waals surface area contributed by atoms with Gasteiger partial charge in [0.25, 0.3) is 0 Å². The fourth-order valence-electron chi connectivity index (χ4n) is 8.75. The van der Waals surface area contributed by atoms with Crippen LogP contribution in [0.5, 0.6) is 0 Å². The molecule has 2 aromatic rings. The number of benzene rings is 2. The van der Waals surface area contributed by atoms with Crippen molar-refractivity contribution in [3.05, 3.63) is 70.4 Å². The number of rotatable bonds is 2. The summed E-state index contributed by atoms with van der Waals surface area (Å²) in [5, 5.41) is 7.80. The van der Waals surface area contributed by atoms with Crippen molar-refractivity contribution in [3.63, 3.8) is 0 Å². The number of carbonyl (C=O) groups is 2. The lowest BCUT2D eigenvalue weighted by molar-refractivity contribution is -0.118. The molecule has 1 heterocycles. The largest absolute Gasteiger partial charge is 0.357 e. The molecule has 0 radical (unpaired) electrons. The average molecular weight is 530 g/mol. The average Bonchev–Trinajstić information content (AvgIpc) is 2.96. The van der Waals surface area contributed by atoms with Crippen LogP contribution in [0.1, 0.15) is 76.8 Å². The fraction of sp³-hybridized carbons (Fsp3) is 0.500. The van der Waals surface area contributed by atoms with Gasteiger partial charge in [-0.3, -0.25) is 9.69 Å². The highest BCUT2D eigenvalue weighted by Gasteiger charge is 2.53. The zero-order chi connectivity index (χ0) is 26.2. The predicted molar refractivity (Wildman–Crippen MR) is 151 cm³/mol. The Morgan fingerprint density at radius 2 is 1.66 bits per heavy atom. The van der Waals surface area contributed by atoms with Gasteiger partial charge in [-0.1, -0.05) is 49.7 Å². The number of urea groups is 1. The molecule has 2 aromatic carbocycles. The molecule has 0 unspecified atom stereocenters. The van der Waals surface area contributed by atoms with Crippen LogP contribution in [0, 0.1) is 23.2 Å². The molecule has 2 N–H and O–H groups in total. The molecule has 4 fully saturated rings. The van der Waals surface area contributed by atoms with Crippen molar-refractivity contribution in [2.75, 3.05) is 10.2 Å². The van der Waals surface area contributed by atoms with Crippen LogP contribution in [-0.2, 0) is 4.79 Å². The molecule has 0 spiro atoms. The molecule has 0 aromatic heterocycles. The lowest BCUT2D eigenvalue weighted by Crippen LogP contribution is -2.62. The van der Waals surface area contributed by atoms with Gasteiger partial charge in [-0.05, 0) is 97.9 Å². The van der Waals surface area contributed by atoms with Crippen LogP contribution in [0.15, 0.2) is 59.8 Å². The second kappa shape index (κ2) is 8.61. The summed E-state index contributed by atoms with van der Waals surface area (Å²) in [6, 6.07) is 14.9. The van der Waals surface area contributed by atoms with Gasteiger partial charge in [0.1, 0.15) is 0 Å². The zero-order valence-electron chi connectivity index (χ0n) is 22.2.